The average Bonchev–Trinajstić information content (AvgIpc) is 3.30. The SMILES string of the molecule is COC(=O)c1cnc(NC(=O)c2ccccc2SCC(=O)Nc2ccc(OC)c(OC)c2)s1. The molecule has 0 unspecified atom stereocenters. The quantitative estimate of drug-likeness (QED) is 0.345. The molecule has 9 nitrogen and oxygen atoms in total. The molecule has 0 spiro atoms. The van der Waals surface area contributed by atoms with Gasteiger partial charge in [0.25, 0.3) is 5.91 Å². The van der Waals surface area contributed by atoms with Crippen LogP contribution >= 0.6 is 23.1 Å². The number of thiazole rings is 1. The maximum atomic E-state index is 12.7. The molecule has 0 aliphatic heterocycles. The summed E-state index contributed by atoms with van der Waals surface area (Å²) in [4.78, 5) is 41.7. The molecule has 2 amide bonds. The molecule has 0 saturated carbocycles. The molecule has 2 aromatic carbocycles. The van der Waals surface area contributed by atoms with Crippen LogP contribution in [0.1, 0.15) is 20.0 Å². The second-order valence-electron chi connectivity index (χ2n) is 6.38. The van der Waals surface area contributed by atoms with Crippen LogP contribution in [0.25, 0.3) is 0 Å². The van der Waals surface area contributed by atoms with E-state index in [0.717, 1.165) is 11.3 Å². The van der Waals surface area contributed by atoms with Crippen molar-refractivity contribution in [2.75, 3.05) is 37.7 Å². The van der Waals surface area contributed by atoms with Crippen LogP contribution in [0, 0.1) is 0 Å². The summed E-state index contributed by atoms with van der Waals surface area (Å²) >= 11 is 2.24. The maximum absolute atomic E-state index is 12.7. The van der Waals surface area contributed by atoms with Gasteiger partial charge in [-0.2, -0.15) is 0 Å². The van der Waals surface area contributed by atoms with Gasteiger partial charge in [-0.05, 0) is 24.3 Å². The Hall–Kier alpha value is -3.57. The Bertz CT molecular complexity index is 1160. The van der Waals surface area contributed by atoms with Gasteiger partial charge in [0.1, 0.15) is 4.88 Å². The molecule has 1 heterocycles. The third-order valence-corrected chi connectivity index (χ3v) is 6.24. The van der Waals surface area contributed by atoms with Crippen molar-refractivity contribution in [3.63, 3.8) is 0 Å². The lowest BCUT2D eigenvalue weighted by atomic mass is 10.2. The normalized spacial score (nSPS) is 10.3. The predicted octanol–water partition coefficient (Wildman–Crippen LogP) is 3.93. The van der Waals surface area contributed by atoms with Gasteiger partial charge in [-0.3, -0.25) is 14.9 Å². The number of carbonyl (C=O) groups is 3. The van der Waals surface area contributed by atoms with Gasteiger partial charge < -0.3 is 19.5 Å². The molecule has 2 N–H and O–H groups in total. The van der Waals surface area contributed by atoms with Gasteiger partial charge >= 0.3 is 5.97 Å². The summed E-state index contributed by atoms with van der Waals surface area (Å²) in [6.45, 7) is 0. The Labute approximate surface area is 198 Å². The zero-order valence-electron chi connectivity index (χ0n) is 18.0. The van der Waals surface area contributed by atoms with E-state index in [4.69, 9.17) is 9.47 Å². The number of hydrogen-bond acceptors (Lipinski definition) is 9. The summed E-state index contributed by atoms with van der Waals surface area (Å²) < 4.78 is 15.1. The smallest absolute Gasteiger partial charge is 0.349 e. The summed E-state index contributed by atoms with van der Waals surface area (Å²) in [6.07, 6.45) is 1.34. The minimum atomic E-state index is -0.524. The average molecular weight is 488 g/mol. The highest BCUT2D eigenvalue weighted by molar-refractivity contribution is 8.00. The first kappa shape index (κ1) is 24.1. The van der Waals surface area contributed by atoms with Crippen LogP contribution in [-0.2, 0) is 9.53 Å². The van der Waals surface area contributed by atoms with E-state index in [9.17, 15) is 14.4 Å². The predicted molar refractivity (Wildman–Crippen MR) is 127 cm³/mol. The van der Waals surface area contributed by atoms with E-state index >= 15 is 0 Å². The molecule has 0 bridgehead atoms. The third kappa shape index (κ3) is 6.24. The van der Waals surface area contributed by atoms with Crippen LogP contribution in [0.3, 0.4) is 0 Å². The van der Waals surface area contributed by atoms with E-state index < -0.39 is 11.9 Å². The number of hydrogen-bond donors (Lipinski definition) is 2. The van der Waals surface area contributed by atoms with E-state index in [1.54, 1.807) is 42.5 Å². The van der Waals surface area contributed by atoms with Gasteiger partial charge in [-0.1, -0.05) is 23.5 Å². The fraction of sp³-hybridized carbons (Fsp3) is 0.182. The zero-order valence-corrected chi connectivity index (χ0v) is 19.7. The van der Waals surface area contributed by atoms with E-state index in [1.165, 1.54) is 39.3 Å². The van der Waals surface area contributed by atoms with Gasteiger partial charge in [0.05, 0.1) is 38.8 Å². The number of nitrogens with one attached hydrogen (secondary N) is 2. The van der Waals surface area contributed by atoms with E-state index in [1.807, 2.05) is 0 Å². The van der Waals surface area contributed by atoms with Crippen molar-refractivity contribution in [1.29, 1.82) is 0 Å². The first-order valence-corrected chi connectivity index (χ1v) is 11.3. The van der Waals surface area contributed by atoms with E-state index in [0.29, 0.717) is 27.6 Å². The highest BCUT2D eigenvalue weighted by atomic mass is 32.2. The molecule has 1 aromatic heterocycles. The first-order chi connectivity index (χ1) is 15.9. The molecule has 0 saturated heterocycles. The number of aromatic nitrogens is 1. The highest BCUT2D eigenvalue weighted by Gasteiger charge is 2.17. The molecule has 0 atom stereocenters. The number of anilines is 2. The van der Waals surface area contributed by atoms with E-state index in [-0.39, 0.29) is 21.7 Å². The minimum Gasteiger partial charge on any atom is -0.493 e. The lowest BCUT2D eigenvalue weighted by Crippen LogP contribution is -2.16. The summed E-state index contributed by atoms with van der Waals surface area (Å²) in [5, 5.41) is 5.74. The molecule has 0 aliphatic carbocycles. The summed E-state index contributed by atoms with van der Waals surface area (Å²) in [5.41, 5.74) is 0.950. The molecular formula is C22H21N3O6S2. The lowest BCUT2D eigenvalue weighted by molar-refractivity contribution is -0.113. The molecule has 0 aliphatic rings. The van der Waals surface area contributed by atoms with Gasteiger partial charge in [0.2, 0.25) is 5.91 Å². The fourth-order valence-corrected chi connectivity index (χ4v) is 4.31. The molecule has 3 rings (SSSR count). The molecule has 172 valence electrons. The molecule has 33 heavy (non-hydrogen) atoms. The van der Waals surface area contributed by atoms with Crippen molar-refractivity contribution < 1.29 is 28.6 Å². The molecule has 11 heteroatoms. The fourth-order valence-electron chi connectivity index (χ4n) is 2.73. The minimum absolute atomic E-state index is 0.0857. The Morgan fingerprint density at radius 2 is 1.76 bits per heavy atom. The largest absolute Gasteiger partial charge is 0.493 e. The Morgan fingerprint density at radius 1 is 1.00 bits per heavy atom. The number of benzene rings is 2. The molecule has 3 aromatic rings. The van der Waals surface area contributed by atoms with Crippen LogP contribution in [0.5, 0.6) is 11.5 Å². The van der Waals surface area contributed by atoms with E-state index in [2.05, 4.69) is 20.4 Å². The summed E-state index contributed by atoms with van der Waals surface area (Å²) in [5.74, 6) is -0.0208. The van der Waals surface area contributed by atoms with Crippen molar-refractivity contribution in [2.45, 2.75) is 4.90 Å². The number of methoxy groups -OCH3 is 3. The van der Waals surface area contributed by atoms with Crippen molar-refractivity contribution in [2.24, 2.45) is 0 Å². The van der Waals surface area contributed by atoms with Gasteiger partial charge in [-0.15, -0.1) is 11.8 Å². The van der Waals surface area contributed by atoms with Crippen molar-refractivity contribution >= 4 is 51.7 Å². The monoisotopic (exact) mass is 487 g/mol. The number of esters is 1. The standard InChI is InChI=1S/C22H21N3O6S2/c1-29-15-9-8-13(10-16(15)30-2)24-19(26)12-32-17-7-5-4-6-14(17)20(27)25-22-23-11-18(33-22)21(28)31-3/h4-11H,12H2,1-3H3,(H,24,26)(H,23,25,27). The van der Waals surface area contributed by atoms with Crippen molar-refractivity contribution in [3.8, 4) is 11.5 Å². The van der Waals surface area contributed by atoms with Crippen LogP contribution in [0.4, 0.5) is 10.8 Å². The Balaban J connectivity index is 1.63. The number of amides is 2. The lowest BCUT2D eigenvalue weighted by Gasteiger charge is -2.11. The summed E-state index contributed by atoms with van der Waals surface area (Å²) in [7, 11) is 4.32. The maximum Gasteiger partial charge on any atom is 0.349 e. The molecule has 0 fully saturated rings. The van der Waals surface area contributed by atoms with Crippen LogP contribution < -0.4 is 20.1 Å². The number of ether oxygens (including phenoxy) is 3. The van der Waals surface area contributed by atoms with Crippen molar-refractivity contribution in [3.05, 3.63) is 59.1 Å². The van der Waals surface area contributed by atoms with Gasteiger partial charge in [-0.25, -0.2) is 9.78 Å². The van der Waals surface area contributed by atoms with Crippen molar-refractivity contribution in [1.82, 2.24) is 4.98 Å². The second-order valence-corrected chi connectivity index (χ2v) is 8.43. The Kier molecular flexibility index (Phi) is 8.28. The third-order valence-electron chi connectivity index (χ3n) is 4.27. The number of rotatable bonds is 9. The number of carbonyl (C=O) groups excluding carboxylic acids is 3. The van der Waals surface area contributed by atoms with Crippen LogP contribution in [-0.4, -0.2) is 49.8 Å². The second kappa shape index (κ2) is 11.3. The van der Waals surface area contributed by atoms with Gasteiger partial charge in [0.15, 0.2) is 16.6 Å². The summed E-state index contributed by atoms with van der Waals surface area (Å²) in [6, 6.07) is 12.0. The van der Waals surface area contributed by atoms with Gasteiger partial charge in [0, 0.05) is 16.6 Å². The molecule has 0 radical (unpaired) electrons. The van der Waals surface area contributed by atoms with Crippen LogP contribution in [0.15, 0.2) is 53.6 Å². The number of nitrogens with zero attached hydrogens (tertiary/aromatic N) is 1. The topological polar surface area (TPSA) is 116 Å². The Morgan fingerprint density at radius 3 is 2.48 bits per heavy atom. The zero-order chi connectivity index (χ0) is 23.8. The highest BCUT2D eigenvalue weighted by Crippen LogP contribution is 2.30. The molecular weight excluding hydrogens is 466 g/mol. The number of thioether (sulfide) groups is 1. The van der Waals surface area contributed by atoms with Crippen LogP contribution in [0.2, 0.25) is 0 Å². The first-order valence-electron chi connectivity index (χ1n) is 9.54.